The van der Waals surface area contributed by atoms with Crippen LogP contribution in [0.2, 0.25) is 15.1 Å². The summed E-state index contributed by atoms with van der Waals surface area (Å²) in [5, 5.41) is 27.0. The number of nitrogens with zero attached hydrogens (tertiary/aromatic N) is 15. The zero-order chi connectivity index (χ0) is 95.1. The molecule has 16 rings (SSSR count). The number of nitrogens with one attached hydrogen (secondary N) is 8. The molecule has 0 radical (unpaired) electrons. The Morgan fingerprint density at radius 1 is 0.398 bits per heavy atom. The van der Waals surface area contributed by atoms with E-state index in [1.807, 2.05) is 215 Å². The van der Waals surface area contributed by atoms with Gasteiger partial charge in [0.1, 0.15) is 0 Å². The third-order valence-electron chi connectivity index (χ3n) is 24.5. The van der Waals surface area contributed by atoms with Gasteiger partial charge in [-0.15, -0.1) is 0 Å². The fourth-order valence-electron chi connectivity index (χ4n) is 18.5. The van der Waals surface area contributed by atoms with E-state index in [0.29, 0.717) is 93.6 Å². The fraction of sp³-hybridized carbons (Fsp3) is 0.460. The highest BCUT2D eigenvalue weighted by atomic mass is 35.5. The normalized spacial score (nSPS) is 18.5. The average molecular weight is 1870 g/mol. The number of imidazole rings is 3. The first-order chi connectivity index (χ1) is 63.2. The maximum atomic E-state index is 13.4. The summed E-state index contributed by atoms with van der Waals surface area (Å²) in [6.45, 7) is 34.8. The number of urea groups is 5. The number of hydrogen-bond acceptors (Lipinski definition) is 16. The van der Waals surface area contributed by atoms with Crippen LogP contribution < -0.4 is 42.5 Å². The van der Waals surface area contributed by atoms with Gasteiger partial charge in [0.15, 0.2) is 0 Å². The van der Waals surface area contributed by atoms with Crippen LogP contribution in [0.3, 0.4) is 0 Å². The highest BCUT2D eigenvalue weighted by Gasteiger charge is 2.42. The van der Waals surface area contributed by atoms with Crippen molar-refractivity contribution in [3.8, 4) is 0 Å². The molecule has 6 aromatic heterocycles. The van der Waals surface area contributed by atoms with Gasteiger partial charge in [0.2, 0.25) is 0 Å². The van der Waals surface area contributed by atoms with Crippen LogP contribution in [0.5, 0.6) is 0 Å². The number of pyridine rings is 3. The first-order valence-electron chi connectivity index (χ1n) is 46.0. The number of aryl methyl sites for hydroxylation is 3. The molecular formula is C100H128Cl3N23O7. The number of fused-ring (bicyclic) bond motifs is 6. The van der Waals surface area contributed by atoms with Crippen LogP contribution in [-0.4, -0.2) is 222 Å². The molecule has 7 aliphatic rings. The van der Waals surface area contributed by atoms with E-state index in [0.717, 1.165) is 114 Å². The predicted octanol–water partition coefficient (Wildman–Crippen LogP) is 16.7. The number of aromatic nitrogens is 9. The minimum Gasteiger partial charge on any atom is -0.447 e. The van der Waals surface area contributed by atoms with Crippen LogP contribution in [0.25, 0.3) is 34.9 Å². The second-order valence-electron chi connectivity index (χ2n) is 39.7. The van der Waals surface area contributed by atoms with Crippen molar-refractivity contribution in [2.75, 3.05) is 78.5 Å². The molecule has 4 aliphatic carbocycles. The van der Waals surface area contributed by atoms with E-state index >= 15 is 0 Å². The smallest absolute Gasteiger partial charge is 0.410 e. The molecule has 6 atom stereocenters. The molecule has 0 bridgehead atoms. The SMILES string of the molecule is CC(C)OC(=O)N1CCN([C@H]2c3ccc(Cl)cc3C(C(NC(=O)NC(C)(C)C)c3cncn3C)=Cc3cccnc32)CC1.Cn1cncc1C(NC(=O)NC(C)(C)C)C1=Cc2cccnc2[C@@H](N2CCN(C(=O)NC(C)(C)C)CC2)c2ccc(Cl)cc21.Cn1cncc1C(NC(=O)NC(C)(C)C)C1=Cc2cccnc2[C@@H](N2CCN(C(=O)NC3CCCCC3)CC2)c2ccc(Cl)cc21. The van der Waals surface area contributed by atoms with Gasteiger partial charge in [0.25, 0.3) is 0 Å². The van der Waals surface area contributed by atoms with Crippen molar-refractivity contribution in [3.63, 3.8) is 0 Å². The Morgan fingerprint density at radius 2 is 0.707 bits per heavy atom. The van der Waals surface area contributed by atoms with Crippen molar-refractivity contribution in [1.29, 1.82) is 0 Å². The van der Waals surface area contributed by atoms with E-state index in [2.05, 4.69) is 127 Å². The lowest BCUT2D eigenvalue weighted by molar-refractivity contribution is 0.0512. The van der Waals surface area contributed by atoms with Crippen LogP contribution in [0, 0.1) is 0 Å². The summed E-state index contributed by atoms with van der Waals surface area (Å²) in [5.41, 5.74) is 15.1. The molecular weight excluding hydrogens is 1740 g/mol. The van der Waals surface area contributed by atoms with Crippen molar-refractivity contribution < 1.29 is 33.5 Å². The molecule has 3 aliphatic heterocycles. The Balaban J connectivity index is 0.000000160. The van der Waals surface area contributed by atoms with Gasteiger partial charge in [0, 0.05) is 162 Å². The second kappa shape index (κ2) is 41.4. The van der Waals surface area contributed by atoms with Gasteiger partial charge in [-0.3, -0.25) is 29.7 Å². The quantitative estimate of drug-likeness (QED) is 0.0501. The third kappa shape index (κ3) is 24.1. The summed E-state index contributed by atoms with van der Waals surface area (Å²) in [4.78, 5) is 119. The summed E-state index contributed by atoms with van der Waals surface area (Å²) in [5.74, 6) is 0. The zero-order valence-corrected chi connectivity index (χ0v) is 81.7. The van der Waals surface area contributed by atoms with E-state index < -0.39 is 34.7 Å². The largest absolute Gasteiger partial charge is 0.447 e. The van der Waals surface area contributed by atoms with Gasteiger partial charge in [-0.2, -0.15) is 0 Å². The van der Waals surface area contributed by atoms with Crippen LogP contribution in [-0.2, 0) is 25.9 Å². The molecule has 9 heterocycles. The van der Waals surface area contributed by atoms with E-state index in [1.165, 1.54) is 19.3 Å². The number of piperazine rings is 3. The molecule has 3 unspecified atom stereocenters. The molecule has 1 saturated carbocycles. The number of ether oxygens (including phenoxy) is 1. The standard InChI is InChI=1S/C35H45ClN8O2.C33H43ClN8O2.C32H40ClN7O3/c1-35(2,3)41-33(45)40-31(29-21-37-22-42(29)4)28-19-23-9-8-14-38-30(23)32(26-13-12-24(36)20-27(26)28)43-15-17-44(18-16-43)34(46)39-25-10-6-5-7-11-25;1-32(2,3)38-30(43)37-28(26-19-35-20-40(26)7)25-17-21-9-8-12-36-27(21)29(23-11-10-22(34)18-24(23)25)41-13-15-42(16-14-41)31(44)39-33(4,5)6;1-20(2)43-31(42)40-14-12-39(13-15-40)29-23-10-9-22(33)17-24(23)25(16-21-8-7-11-35-27(21)29)28(26-18-34-19-38(26)6)36-30(41)37-32(3,4)5/h8-9,12-14,19-22,25,31-32H,5-7,10-11,15-18H2,1-4H3,(H,39,46)(H2,40,41,45);8-12,17-20,28-29H,13-16H2,1-7H3,(H,39,44)(H2,37,38,43);7-11,16-20,28-29H,12-15H2,1-6H3,(H2,36,37,41)/t31?,32-;2*28?,29-/m000/s1. The summed E-state index contributed by atoms with van der Waals surface area (Å²) in [6, 6.07) is 27.1. The number of carbonyl (C=O) groups excluding carboxylic acids is 6. The number of rotatable bonds is 14. The van der Waals surface area contributed by atoms with Gasteiger partial charge in [-0.25, -0.2) is 43.7 Å². The van der Waals surface area contributed by atoms with E-state index in [1.54, 1.807) is 42.5 Å². The summed E-state index contributed by atoms with van der Waals surface area (Å²) in [6.07, 6.45) is 27.6. The van der Waals surface area contributed by atoms with Crippen molar-refractivity contribution >= 4 is 106 Å². The maximum Gasteiger partial charge on any atom is 0.410 e. The molecule has 30 nitrogen and oxygen atoms in total. The van der Waals surface area contributed by atoms with Crippen molar-refractivity contribution in [3.05, 3.63) is 246 Å². The average Bonchev–Trinajstić information content (AvgIpc) is 1.63. The van der Waals surface area contributed by atoms with Crippen molar-refractivity contribution in [2.24, 2.45) is 21.1 Å². The van der Waals surface area contributed by atoms with Gasteiger partial charge in [-0.1, -0.05) is 90.5 Å². The lowest BCUT2D eigenvalue weighted by Gasteiger charge is -2.40. The summed E-state index contributed by atoms with van der Waals surface area (Å²) in [7, 11) is 5.76. The van der Waals surface area contributed by atoms with Crippen LogP contribution in [0.15, 0.2) is 147 Å². The van der Waals surface area contributed by atoms with E-state index in [9.17, 15) is 28.8 Å². The van der Waals surface area contributed by atoms with Crippen LogP contribution >= 0.6 is 34.8 Å². The van der Waals surface area contributed by atoms with E-state index in [4.69, 9.17) is 54.5 Å². The highest BCUT2D eigenvalue weighted by Crippen LogP contribution is 2.49. The van der Waals surface area contributed by atoms with Crippen LogP contribution in [0.4, 0.5) is 28.8 Å². The Labute approximate surface area is 795 Å². The number of benzene rings is 3. The molecule has 11 amide bonds. The Kier molecular flexibility index (Phi) is 30.3. The molecule has 3 saturated heterocycles. The summed E-state index contributed by atoms with van der Waals surface area (Å²) >= 11 is 20.0. The zero-order valence-electron chi connectivity index (χ0n) is 79.4. The molecule has 4 fully saturated rings. The minimum atomic E-state index is -0.540. The Morgan fingerprint density at radius 3 is 1.00 bits per heavy atom. The number of hydrogen-bond donors (Lipinski definition) is 8. The Bertz CT molecular complexity index is 5780. The van der Waals surface area contributed by atoms with Gasteiger partial charge < -0.3 is 75.7 Å². The minimum absolute atomic E-state index is 0.0423. The molecule has 33 heteroatoms. The predicted molar refractivity (Wildman–Crippen MR) is 523 cm³/mol. The third-order valence-corrected chi connectivity index (χ3v) is 25.2. The molecule has 9 aromatic rings. The molecule has 706 valence electrons. The first-order valence-corrected chi connectivity index (χ1v) is 47.2. The van der Waals surface area contributed by atoms with Crippen molar-refractivity contribution in [2.45, 2.75) is 200 Å². The number of carbonyl (C=O) groups is 6. The Hall–Kier alpha value is -11.7. The molecule has 0 spiro atoms. The van der Waals surface area contributed by atoms with E-state index in [-0.39, 0.29) is 72.1 Å². The lowest BCUT2D eigenvalue weighted by atomic mass is 9.89. The van der Waals surface area contributed by atoms with Gasteiger partial charge in [0.05, 0.1) is 114 Å². The topological polar surface area (TPSA) is 319 Å². The first kappa shape index (κ1) is 97.4. The maximum absolute atomic E-state index is 13.4. The van der Waals surface area contributed by atoms with Crippen molar-refractivity contribution in [1.82, 2.24) is 116 Å². The fourth-order valence-corrected chi connectivity index (χ4v) is 19.0. The monoisotopic (exact) mass is 1870 g/mol. The molecule has 3 aromatic carbocycles. The highest BCUT2D eigenvalue weighted by molar-refractivity contribution is 6.31. The van der Waals surface area contributed by atoms with Crippen LogP contribution in [0.1, 0.15) is 250 Å². The summed E-state index contributed by atoms with van der Waals surface area (Å²) < 4.78 is 11.2. The lowest BCUT2D eigenvalue weighted by Crippen LogP contribution is -2.55. The molecule has 8 N–H and O–H groups in total. The number of halogens is 3. The van der Waals surface area contributed by atoms with Gasteiger partial charge in [-0.05, 0) is 249 Å². The van der Waals surface area contributed by atoms with Gasteiger partial charge >= 0.3 is 36.2 Å². The molecule has 133 heavy (non-hydrogen) atoms. The number of amides is 11. The second-order valence-corrected chi connectivity index (χ2v) is 41.0.